The van der Waals surface area contributed by atoms with Gasteiger partial charge in [0, 0.05) is 12.4 Å². The Morgan fingerprint density at radius 2 is 2.00 bits per heavy atom. The number of carbonyl (C=O) groups is 1. The Bertz CT molecular complexity index is 991. The van der Waals surface area contributed by atoms with Crippen molar-refractivity contribution in [2.24, 2.45) is 0 Å². The van der Waals surface area contributed by atoms with Crippen molar-refractivity contribution in [1.29, 1.82) is 10.5 Å². The first-order chi connectivity index (χ1) is 10.7. The minimum atomic E-state index is -0.441. The number of fused-ring (bicyclic) bond motifs is 1. The van der Waals surface area contributed by atoms with Crippen molar-refractivity contribution in [3.63, 3.8) is 0 Å². The lowest BCUT2D eigenvalue weighted by Gasteiger charge is -2.04. The summed E-state index contributed by atoms with van der Waals surface area (Å²) < 4.78 is 1.28. The molecule has 0 spiro atoms. The van der Waals surface area contributed by atoms with Gasteiger partial charge in [-0.2, -0.15) is 15.5 Å². The molecule has 0 aliphatic heterocycles. The third-order valence-electron chi connectivity index (χ3n) is 3.10. The number of rotatable bonds is 2. The Labute approximate surface area is 124 Å². The quantitative estimate of drug-likeness (QED) is 0.713. The number of imidazole rings is 1. The largest absolute Gasteiger partial charge is 0.507 e. The van der Waals surface area contributed by atoms with E-state index < -0.39 is 5.78 Å². The number of aromatic hydroxyl groups is 1. The Kier molecular flexibility index (Phi) is 3.02. The van der Waals surface area contributed by atoms with Crippen LogP contribution in [0.5, 0.6) is 5.75 Å². The minimum Gasteiger partial charge on any atom is -0.507 e. The van der Waals surface area contributed by atoms with Gasteiger partial charge in [-0.25, -0.2) is 4.98 Å². The molecule has 0 bridgehead atoms. The molecule has 0 radical (unpaired) electrons. The number of phenolic OH excluding ortho intramolecular Hbond substituents is 1. The van der Waals surface area contributed by atoms with Gasteiger partial charge in [-0.15, -0.1) is 0 Å². The molecule has 0 fully saturated rings. The average molecular weight is 289 g/mol. The fourth-order valence-corrected chi connectivity index (χ4v) is 2.06. The highest BCUT2D eigenvalue weighted by Crippen LogP contribution is 2.20. The van der Waals surface area contributed by atoms with E-state index in [4.69, 9.17) is 10.5 Å². The van der Waals surface area contributed by atoms with Crippen LogP contribution >= 0.6 is 0 Å². The Hall–Kier alpha value is -3.71. The summed E-state index contributed by atoms with van der Waals surface area (Å²) in [6, 6.07) is 9.80. The number of hydrogen-bond donors (Lipinski definition) is 1. The van der Waals surface area contributed by atoms with Crippen LogP contribution in [0.15, 0.2) is 36.7 Å². The van der Waals surface area contributed by atoms with Gasteiger partial charge in [0.15, 0.2) is 17.2 Å². The van der Waals surface area contributed by atoms with Gasteiger partial charge in [0.1, 0.15) is 17.9 Å². The van der Waals surface area contributed by atoms with E-state index in [0.717, 1.165) is 0 Å². The van der Waals surface area contributed by atoms with Crippen LogP contribution in [-0.4, -0.2) is 25.3 Å². The summed E-state index contributed by atoms with van der Waals surface area (Å²) in [4.78, 5) is 20.3. The van der Waals surface area contributed by atoms with Gasteiger partial charge < -0.3 is 5.11 Å². The second-order valence-corrected chi connectivity index (χ2v) is 4.39. The molecule has 22 heavy (non-hydrogen) atoms. The zero-order chi connectivity index (χ0) is 15.7. The summed E-state index contributed by atoms with van der Waals surface area (Å²) in [6.45, 7) is 0. The molecule has 0 unspecified atom stereocenters. The molecule has 0 aliphatic rings. The Morgan fingerprint density at radius 1 is 1.23 bits per heavy atom. The second-order valence-electron chi connectivity index (χ2n) is 4.39. The van der Waals surface area contributed by atoms with E-state index >= 15 is 0 Å². The molecule has 0 atom stereocenters. The lowest BCUT2D eigenvalue weighted by Crippen LogP contribution is -2.05. The molecule has 0 saturated heterocycles. The first-order valence-electron chi connectivity index (χ1n) is 6.16. The maximum Gasteiger partial charge on any atom is 0.236 e. The van der Waals surface area contributed by atoms with Gasteiger partial charge in [0.2, 0.25) is 5.78 Å². The number of aromatic nitrogens is 3. The lowest BCUT2D eigenvalue weighted by molar-refractivity contribution is 0.103. The van der Waals surface area contributed by atoms with Crippen LogP contribution in [0.25, 0.3) is 5.78 Å². The van der Waals surface area contributed by atoms with Crippen LogP contribution in [-0.2, 0) is 0 Å². The number of nitriles is 2. The maximum absolute atomic E-state index is 12.4. The second kappa shape index (κ2) is 5.00. The summed E-state index contributed by atoms with van der Waals surface area (Å²) in [5, 5.41) is 27.8. The highest BCUT2D eigenvalue weighted by Gasteiger charge is 2.17. The Morgan fingerprint density at radius 3 is 2.68 bits per heavy atom. The zero-order valence-electron chi connectivity index (χ0n) is 11.1. The van der Waals surface area contributed by atoms with E-state index in [1.807, 2.05) is 6.07 Å². The van der Waals surface area contributed by atoms with E-state index in [-0.39, 0.29) is 34.0 Å². The van der Waals surface area contributed by atoms with Gasteiger partial charge in [0.05, 0.1) is 11.1 Å². The fraction of sp³-hybridized carbons (Fsp3) is 0. The van der Waals surface area contributed by atoms with Crippen LogP contribution in [0.4, 0.5) is 0 Å². The molecule has 3 rings (SSSR count). The maximum atomic E-state index is 12.4. The highest BCUT2D eigenvalue weighted by atomic mass is 16.3. The van der Waals surface area contributed by atoms with Gasteiger partial charge >= 0.3 is 0 Å². The van der Waals surface area contributed by atoms with E-state index in [0.29, 0.717) is 0 Å². The average Bonchev–Trinajstić information content (AvgIpc) is 2.91. The summed E-state index contributed by atoms with van der Waals surface area (Å²) in [6.07, 6.45) is 2.67. The van der Waals surface area contributed by atoms with E-state index in [9.17, 15) is 9.90 Å². The number of carbonyl (C=O) groups excluding carboxylic acids is 1. The standard InChI is InChI=1S/C15H7N5O2/c16-5-11-12(6-17)20-8-9(7-18-15(20)19-11)14(22)10-3-1-2-4-13(10)21/h1-4,7-8,21H. The van der Waals surface area contributed by atoms with Crippen molar-refractivity contribution in [2.75, 3.05) is 0 Å². The van der Waals surface area contributed by atoms with Crippen molar-refractivity contribution in [3.05, 3.63) is 59.2 Å². The summed E-state index contributed by atoms with van der Waals surface area (Å²) in [5.41, 5.74) is 0.259. The minimum absolute atomic E-state index is 0.0110. The first-order valence-corrected chi connectivity index (χ1v) is 6.16. The molecular weight excluding hydrogens is 282 g/mol. The molecule has 7 heteroatoms. The van der Waals surface area contributed by atoms with Crippen molar-refractivity contribution in [2.45, 2.75) is 0 Å². The molecular formula is C15H7N5O2. The normalized spacial score (nSPS) is 10.1. The topological polar surface area (TPSA) is 115 Å². The number of benzene rings is 1. The zero-order valence-corrected chi connectivity index (χ0v) is 11.1. The van der Waals surface area contributed by atoms with Gasteiger partial charge in [-0.3, -0.25) is 9.20 Å². The summed E-state index contributed by atoms with van der Waals surface area (Å²) in [5.74, 6) is -0.429. The molecule has 0 amide bonds. The Balaban J connectivity index is 2.18. The number of para-hydroxylation sites is 1. The van der Waals surface area contributed by atoms with Gasteiger partial charge in [-0.1, -0.05) is 12.1 Å². The monoisotopic (exact) mass is 289 g/mol. The molecule has 0 saturated carbocycles. The van der Waals surface area contributed by atoms with Crippen LogP contribution in [0, 0.1) is 22.7 Å². The van der Waals surface area contributed by atoms with E-state index in [1.54, 1.807) is 18.2 Å². The molecule has 0 aliphatic carbocycles. The van der Waals surface area contributed by atoms with E-state index in [2.05, 4.69) is 9.97 Å². The molecule has 7 nitrogen and oxygen atoms in total. The SMILES string of the molecule is N#Cc1nc2ncc(C(=O)c3ccccc3O)cn2c1C#N. The first kappa shape index (κ1) is 13.3. The molecule has 2 aromatic heterocycles. The smallest absolute Gasteiger partial charge is 0.236 e. The van der Waals surface area contributed by atoms with Gasteiger partial charge in [0.25, 0.3) is 0 Å². The van der Waals surface area contributed by atoms with Crippen molar-refractivity contribution >= 4 is 11.6 Å². The molecule has 1 N–H and O–H groups in total. The number of ketones is 1. The van der Waals surface area contributed by atoms with Crippen LogP contribution in [0.3, 0.4) is 0 Å². The van der Waals surface area contributed by atoms with Crippen LogP contribution < -0.4 is 0 Å². The number of phenols is 1. The molecule has 3 aromatic rings. The number of hydrogen-bond acceptors (Lipinski definition) is 6. The molecule has 1 aromatic carbocycles. The highest BCUT2D eigenvalue weighted by molar-refractivity contribution is 6.10. The third-order valence-corrected chi connectivity index (χ3v) is 3.10. The van der Waals surface area contributed by atoms with E-state index in [1.165, 1.54) is 28.9 Å². The summed E-state index contributed by atoms with van der Waals surface area (Å²) >= 11 is 0. The number of nitrogens with zero attached hydrogens (tertiary/aromatic N) is 5. The van der Waals surface area contributed by atoms with Crippen LogP contribution in [0.2, 0.25) is 0 Å². The molecule has 2 heterocycles. The predicted molar refractivity (Wildman–Crippen MR) is 74.0 cm³/mol. The summed E-state index contributed by atoms with van der Waals surface area (Å²) in [7, 11) is 0. The predicted octanol–water partition coefficient (Wildman–Crippen LogP) is 1.41. The fourth-order valence-electron chi connectivity index (χ4n) is 2.06. The third kappa shape index (κ3) is 1.94. The van der Waals surface area contributed by atoms with Crippen molar-refractivity contribution < 1.29 is 9.90 Å². The molecule has 104 valence electrons. The van der Waals surface area contributed by atoms with Crippen molar-refractivity contribution in [3.8, 4) is 17.9 Å². The van der Waals surface area contributed by atoms with Gasteiger partial charge in [-0.05, 0) is 12.1 Å². The lowest BCUT2D eigenvalue weighted by atomic mass is 10.1. The van der Waals surface area contributed by atoms with Crippen molar-refractivity contribution in [1.82, 2.24) is 14.4 Å². The van der Waals surface area contributed by atoms with Crippen LogP contribution in [0.1, 0.15) is 27.3 Å².